The van der Waals surface area contributed by atoms with Gasteiger partial charge in [0.25, 0.3) is 0 Å². The van der Waals surface area contributed by atoms with Crippen molar-refractivity contribution in [2.75, 3.05) is 0 Å². The number of aryl methyl sites for hydroxylation is 1. The Morgan fingerprint density at radius 3 is 2.76 bits per heavy atom. The van der Waals surface area contributed by atoms with Gasteiger partial charge >= 0.3 is 0 Å². The maximum atomic E-state index is 9.65. The monoisotopic (exact) mass is 242 g/mol. The Hall–Kier alpha value is -1.99. The van der Waals surface area contributed by atoms with Gasteiger partial charge < -0.3 is 5.11 Å². The zero-order valence-corrected chi connectivity index (χ0v) is 10.0. The highest BCUT2D eigenvalue weighted by atomic mass is 32.2. The quantitative estimate of drug-likeness (QED) is 0.879. The topological polar surface area (TPSA) is 56.9 Å². The summed E-state index contributed by atoms with van der Waals surface area (Å²) in [7, 11) is 0. The number of aromatic nitrogens is 1. The van der Waals surface area contributed by atoms with Gasteiger partial charge in [0, 0.05) is 5.69 Å². The van der Waals surface area contributed by atoms with Crippen LogP contribution in [0.3, 0.4) is 0 Å². The lowest BCUT2D eigenvalue weighted by Crippen LogP contribution is -1.87. The molecule has 0 bridgehead atoms. The number of nitrogens with zero attached hydrogens (tertiary/aromatic N) is 2. The van der Waals surface area contributed by atoms with Crippen LogP contribution in [0.5, 0.6) is 5.75 Å². The summed E-state index contributed by atoms with van der Waals surface area (Å²) in [5, 5.41) is 19.2. The van der Waals surface area contributed by atoms with Crippen molar-refractivity contribution < 1.29 is 5.11 Å². The van der Waals surface area contributed by atoms with E-state index in [2.05, 4.69) is 11.1 Å². The maximum absolute atomic E-state index is 9.65. The normalized spacial score (nSPS) is 9.88. The largest absolute Gasteiger partial charge is 0.507 e. The molecule has 1 aromatic carbocycles. The van der Waals surface area contributed by atoms with Crippen LogP contribution in [0.2, 0.25) is 0 Å². The van der Waals surface area contributed by atoms with E-state index in [1.165, 1.54) is 11.8 Å². The van der Waals surface area contributed by atoms with Crippen molar-refractivity contribution in [1.29, 1.82) is 5.26 Å². The third-order valence-corrected chi connectivity index (χ3v) is 3.12. The van der Waals surface area contributed by atoms with Crippen LogP contribution in [-0.4, -0.2) is 10.1 Å². The van der Waals surface area contributed by atoms with Gasteiger partial charge in [0.15, 0.2) is 0 Å². The van der Waals surface area contributed by atoms with Gasteiger partial charge in [-0.1, -0.05) is 23.9 Å². The second kappa shape index (κ2) is 4.89. The number of aromatic hydroxyl groups is 1. The summed E-state index contributed by atoms with van der Waals surface area (Å²) in [6.07, 6.45) is 0. The van der Waals surface area contributed by atoms with E-state index in [1.54, 1.807) is 24.3 Å². The molecule has 17 heavy (non-hydrogen) atoms. The number of phenolic OH excluding ortho intramolecular Hbond substituents is 1. The van der Waals surface area contributed by atoms with Gasteiger partial charge in [0.05, 0.1) is 16.5 Å². The molecule has 84 valence electrons. The lowest BCUT2D eigenvalue weighted by molar-refractivity contribution is 0.462. The van der Waals surface area contributed by atoms with Crippen molar-refractivity contribution in [3.63, 3.8) is 0 Å². The Morgan fingerprint density at radius 2 is 2.06 bits per heavy atom. The molecule has 0 aliphatic rings. The molecular formula is C13H10N2OS. The first kappa shape index (κ1) is 11.5. The molecule has 0 atom stereocenters. The summed E-state index contributed by atoms with van der Waals surface area (Å²) >= 11 is 1.35. The Labute approximate surface area is 104 Å². The first-order valence-electron chi connectivity index (χ1n) is 5.03. The highest BCUT2D eigenvalue weighted by molar-refractivity contribution is 7.99. The number of rotatable bonds is 2. The molecule has 0 spiro atoms. The number of hydrogen-bond donors (Lipinski definition) is 1. The summed E-state index contributed by atoms with van der Waals surface area (Å²) < 4.78 is 0. The van der Waals surface area contributed by atoms with E-state index in [4.69, 9.17) is 5.26 Å². The van der Waals surface area contributed by atoms with Crippen LogP contribution in [-0.2, 0) is 0 Å². The van der Waals surface area contributed by atoms with E-state index in [0.29, 0.717) is 10.6 Å². The van der Waals surface area contributed by atoms with Crippen molar-refractivity contribution in [3.8, 4) is 11.8 Å². The van der Waals surface area contributed by atoms with E-state index in [1.807, 2.05) is 19.1 Å². The Bertz CT molecular complexity index is 590. The molecule has 0 fully saturated rings. The Kier molecular flexibility index (Phi) is 3.31. The molecule has 2 aromatic rings. The fourth-order valence-electron chi connectivity index (χ4n) is 1.41. The molecule has 1 heterocycles. The van der Waals surface area contributed by atoms with E-state index in [9.17, 15) is 5.11 Å². The highest BCUT2D eigenvalue weighted by Gasteiger charge is 2.05. The number of pyridine rings is 1. The van der Waals surface area contributed by atoms with E-state index in [-0.39, 0.29) is 5.75 Å². The number of hydrogen-bond acceptors (Lipinski definition) is 4. The van der Waals surface area contributed by atoms with Crippen molar-refractivity contribution in [2.24, 2.45) is 0 Å². The van der Waals surface area contributed by atoms with Gasteiger partial charge in [-0.15, -0.1) is 0 Å². The zero-order valence-electron chi connectivity index (χ0n) is 9.21. The number of phenols is 1. The van der Waals surface area contributed by atoms with Gasteiger partial charge in [-0.25, -0.2) is 4.98 Å². The maximum Gasteiger partial charge on any atom is 0.129 e. The highest BCUT2D eigenvalue weighted by Crippen LogP contribution is 2.33. The predicted octanol–water partition coefficient (Wildman–Crippen LogP) is 3.12. The first-order chi connectivity index (χ1) is 8.19. The average molecular weight is 242 g/mol. The average Bonchev–Trinajstić information content (AvgIpc) is 2.31. The number of nitriles is 1. The molecule has 0 radical (unpaired) electrons. The minimum atomic E-state index is 0.222. The van der Waals surface area contributed by atoms with Crippen molar-refractivity contribution in [2.45, 2.75) is 16.8 Å². The van der Waals surface area contributed by atoms with E-state index in [0.717, 1.165) is 10.6 Å². The molecule has 4 heteroatoms. The molecule has 1 N–H and O–H groups in total. The third kappa shape index (κ3) is 2.77. The second-order valence-corrected chi connectivity index (χ2v) is 4.58. The number of para-hydroxylation sites is 1. The molecule has 0 unspecified atom stereocenters. The minimum absolute atomic E-state index is 0.222. The van der Waals surface area contributed by atoms with Crippen LogP contribution in [0, 0.1) is 18.3 Å². The van der Waals surface area contributed by atoms with Crippen LogP contribution >= 0.6 is 11.8 Å². The third-order valence-electron chi connectivity index (χ3n) is 2.14. The fourth-order valence-corrected chi connectivity index (χ4v) is 2.33. The lowest BCUT2D eigenvalue weighted by Gasteiger charge is -2.04. The fraction of sp³-hybridized carbons (Fsp3) is 0.0769. The van der Waals surface area contributed by atoms with E-state index < -0.39 is 0 Å². The molecule has 0 saturated carbocycles. The van der Waals surface area contributed by atoms with Gasteiger partial charge in [0.2, 0.25) is 0 Å². The van der Waals surface area contributed by atoms with E-state index >= 15 is 0 Å². The van der Waals surface area contributed by atoms with Crippen molar-refractivity contribution in [1.82, 2.24) is 4.98 Å². The molecular weight excluding hydrogens is 232 g/mol. The number of benzene rings is 1. The molecule has 1 aromatic heterocycles. The Morgan fingerprint density at radius 1 is 1.29 bits per heavy atom. The SMILES string of the molecule is Cc1cc(C#N)cc(Sc2ccccc2O)n1. The van der Waals surface area contributed by atoms with Crippen LogP contribution in [0.15, 0.2) is 46.3 Å². The zero-order chi connectivity index (χ0) is 12.3. The summed E-state index contributed by atoms with van der Waals surface area (Å²) in [5.41, 5.74) is 1.37. The van der Waals surface area contributed by atoms with Crippen LogP contribution in [0.1, 0.15) is 11.3 Å². The Balaban J connectivity index is 2.34. The van der Waals surface area contributed by atoms with Crippen LogP contribution < -0.4 is 0 Å². The van der Waals surface area contributed by atoms with Gasteiger partial charge in [-0.3, -0.25) is 0 Å². The summed E-state index contributed by atoms with van der Waals surface area (Å²) in [4.78, 5) is 5.05. The van der Waals surface area contributed by atoms with Crippen molar-refractivity contribution in [3.05, 3.63) is 47.7 Å². The molecule has 2 rings (SSSR count). The summed E-state index contributed by atoms with van der Waals surface area (Å²) in [6, 6.07) is 12.6. The summed E-state index contributed by atoms with van der Waals surface area (Å²) in [6.45, 7) is 1.84. The smallest absolute Gasteiger partial charge is 0.129 e. The van der Waals surface area contributed by atoms with Gasteiger partial charge in [-0.05, 0) is 31.2 Å². The predicted molar refractivity (Wildman–Crippen MR) is 65.9 cm³/mol. The molecule has 3 nitrogen and oxygen atoms in total. The van der Waals surface area contributed by atoms with Gasteiger partial charge in [-0.2, -0.15) is 5.26 Å². The second-order valence-electron chi connectivity index (χ2n) is 3.52. The van der Waals surface area contributed by atoms with Crippen molar-refractivity contribution >= 4 is 11.8 Å². The van der Waals surface area contributed by atoms with Gasteiger partial charge in [0.1, 0.15) is 10.8 Å². The lowest BCUT2D eigenvalue weighted by atomic mass is 10.2. The minimum Gasteiger partial charge on any atom is -0.507 e. The molecule has 0 amide bonds. The summed E-state index contributed by atoms with van der Waals surface area (Å²) in [5.74, 6) is 0.222. The first-order valence-corrected chi connectivity index (χ1v) is 5.85. The standard InChI is InChI=1S/C13H10N2OS/c1-9-6-10(8-14)7-13(15-9)17-12-5-3-2-4-11(12)16/h2-7,16H,1H3. The van der Waals surface area contributed by atoms with Crippen LogP contribution in [0.4, 0.5) is 0 Å². The molecule has 0 aliphatic carbocycles. The van der Waals surface area contributed by atoms with Crippen LogP contribution in [0.25, 0.3) is 0 Å². The molecule has 0 aliphatic heterocycles. The molecule has 0 saturated heterocycles.